The van der Waals surface area contributed by atoms with Gasteiger partial charge >= 0.3 is 6.09 Å². The van der Waals surface area contributed by atoms with Crippen LogP contribution in [0.3, 0.4) is 0 Å². The summed E-state index contributed by atoms with van der Waals surface area (Å²) in [6.07, 6.45) is 3.28. The van der Waals surface area contributed by atoms with E-state index in [0.29, 0.717) is 18.4 Å². The summed E-state index contributed by atoms with van der Waals surface area (Å²) in [5.41, 5.74) is 0.487. The molecule has 1 aliphatic carbocycles. The molecule has 4 rings (SSSR count). The van der Waals surface area contributed by atoms with Crippen LogP contribution in [0.5, 0.6) is 0 Å². The molecule has 0 bridgehead atoms. The number of carbonyl (C=O) groups is 2. The Hall–Kier alpha value is -2.75. The monoisotopic (exact) mass is 443 g/mol. The highest BCUT2D eigenvalue weighted by Gasteiger charge is 2.55. The molecule has 1 aliphatic heterocycles. The minimum absolute atomic E-state index is 0.135. The zero-order valence-electron chi connectivity index (χ0n) is 16.1. The summed E-state index contributed by atoms with van der Waals surface area (Å²) in [5.74, 6) is -0.427. The van der Waals surface area contributed by atoms with Gasteiger partial charge in [-0.15, -0.1) is 0 Å². The van der Waals surface area contributed by atoms with Gasteiger partial charge in [-0.25, -0.2) is 14.8 Å². The molecule has 0 unspecified atom stereocenters. The lowest BCUT2D eigenvalue weighted by atomic mass is 9.90. The Balaban J connectivity index is 1.73. The molecule has 30 heavy (non-hydrogen) atoms. The summed E-state index contributed by atoms with van der Waals surface area (Å²) >= 11 is 12.4. The van der Waals surface area contributed by atoms with E-state index in [4.69, 9.17) is 33.2 Å². The molecule has 1 heterocycles. The third-order valence-electron chi connectivity index (χ3n) is 5.54. The molecule has 1 saturated heterocycles. The second-order valence-electron chi connectivity index (χ2n) is 7.46. The van der Waals surface area contributed by atoms with E-state index in [1.165, 1.54) is 10.0 Å². The molecule has 0 aromatic heterocycles. The Morgan fingerprint density at radius 2 is 1.80 bits per heavy atom. The number of ether oxygens (including phenoxy) is 1. The fourth-order valence-electron chi connectivity index (χ4n) is 4.05. The van der Waals surface area contributed by atoms with Crippen molar-refractivity contribution in [3.63, 3.8) is 0 Å². The predicted molar refractivity (Wildman–Crippen MR) is 112 cm³/mol. The first kappa shape index (κ1) is 20.5. The summed E-state index contributed by atoms with van der Waals surface area (Å²) < 4.78 is 5.81. The van der Waals surface area contributed by atoms with E-state index in [2.05, 4.69) is 6.07 Å². The van der Waals surface area contributed by atoms with Crippen LogP contribution in [0.1, 0.15) is 53.6 Å². The van der Waals surface area contributed by atoms with Crippen LogP contribution < -0.4 is 0 Å². The van der Waals surface area contributed by atoms with Crippen LogP contribution in [0.25, 0.3) is 0 Å². The van der Waals surface area contributed by atoms with Crippen molar-refractivity contribution in [2.45, 2.75) is 44.4 Å². The van der Waals surface area contributed by atoms with Gasteiger partial charge in [0.2, 0.25) is 5.72 Å². The van der Waals surface area contributed by atoms with Crippen LogP contribution in [0.4, 0.5) is 4.79 Å². The maximum Gasteiger partial charge on any atom is 0.431 e. The highest BCUT2D eigenvalue weighted by molar-refractivity contribution is 6.43. The third kappa shape index (κ3) is 3.60. The molecule has 2 amide bonds. The number of carbonyl (C=O) groups excluding carboxylic acids is 2. The zero-order valence-corrected chi connectivity index (χ0v) is 17.6. The van der Waals surface area contributed by atoms with E-state index in [1.54, 1.807) is 42.5 Å². The number of amides is 2. The minimum atomic E-state index is -1.02. The lowest BCUT2D eigenvalue weighted by Crippen LogP contribution is -2.54. The number of nitrogens with zero attached hydrogens (tertiary/aromatic N) is 3. The van der Waals surface area contributed by atoms with Crippen LogP contribution in [0.15, 0.2) is 42.5 Å². The van der Waals surface area contributed by atoms with Gasteiger partial charge < -0.3 is 4.74 Å². The van der Waals surface area contributed by atoms with Crippen molar-refractivity contribution in [1.82, 2.24) is 10.0 Å². The molecule has 0 N–H and O–H groups in total. The van der Waals surface area contributed by atoms with Gasteiger partial charge in [0.1, 0.15) is 0 Å². The first-order valence-electron chi connectivity index (χ1n) is 9.73. The smallest absolute Gasteiger partial charge is 0.419 e. The van der Waals surface area contributed by atoms with Crippen molar-refractivity contribution in [2.24, 2.45) is 0 Å². The fourth-order valence-corrected chi connectivity index (χ4v) is 4.43. The van der Waals surface area contributed by atoms with E-state index in [9.17, 15) is 9.59 Å². The quantitative estimate of drug-likeness (QED) is 0.624. The molecule has 1 saturated carbocycles. The Labute approximate surface area is 184 Å². The Kier molecular flexibility index (Phi) is 5.59. The maximum absolute atomic E-state index is 13.6. The number of benzene rings is 2. The number of hydrogen-bond acceptors (Lipinski definition) is 4. The zero-order chi connectivity index (χ0) is 21.3. The highest BCUT2D eigenvalue weighted by atomic mass is 35.5. The third-order valence-corrected chi connectivity index (χ3v) is 6.36. The molecule has 2 aromatic carbocycles. The lowest BCUT2D eigenvalue weighted by molar-refractivity contribution is -0.106. The number of rotatable bonds is 3. The maximum atomic E-state index is 13.6. The molecule has 2 aliphatic rings. The fraction of sp³-hybridized carbons (Fsp3) is 0.318. The predicted octanol–water partition coefficient (Wildman–Crippen LogP) is 5.54. The molecule has 6 nitrogen and oxygen atoms in total. The molecule has 0 radical (unpaired) electrons. The number of halogens is 2. The second-order valence-corrected chi connectivity index (χ2v) is 8.24. The SMILES string of the molecule is N#Cc1ccc(CN2C(=O)OC3(CCCCC3)N2C(=O)c2cccc(Cl)c2Cl)cc1. The number of hydrogen-bond donors (Lipinski definition) is 0. The van der Waals surface area contributed by atoms with Crippen LogP contribution >= 0.6 is 23.2 Å². The van der Waals surface area contributed by atoms with Gasteiger partial charge in [-0.3, -0.25) is 4.79 Å². The molecule has 0 atom stereocenters. The summed E-state index contributed by atoms with van der Waals surface area (Å²) in [6.45, 7) is 0.135. The molecule has 2 aromatic rings. The van der Waals surface area contributed by atoms with Gasteiger partial charge in [0.05, 0.1) is 33.8 Å². The first-order chi connectivity index (χ1) is 14.4. The average molecular weight is 444 g/mol. The number of nitriles is 1. The van der Waals surface area contributed by atoms with Gasteiger partial charge in [-0.05, 0) is 42.7 Å². The van der Waals surface area contributed by atoms with Crippen molar-refractivity contribution in [2.75, 3.05) is 0 Å². The van der Waals surface area contributed by atoms with Gasteiger partial charge in [-0.1, -0.05) is 47.8 Å². The normalized spacial score (nSPS) is 17.7. The Morgan fingerprint density at radius 1 is 1.10 bits per heavy atom. The van der Waals surface area contributed by atoms with Crippen LogP contribution in [0, 0.1) is 11.3 Å². The van der Waals surface area contributed by atoms with Crippen molar-refractivity contribution in [1.29, 1.82) is 5.26 Å². The van der Waals surface area contributed by atoms with Crippen molar-refractivity contribution < 1.29 is 14.3 Å². The first-order valence-corrected chi connectivity index (χ1v) is 10.5. The van der Waals surface area contributed by atoms with Gasteiger partial charge in [-0.2, -0.15) is 5.26 Å². The highest BCUT2D eigenvalue weighted by Crippen LogP contribution is 2.43. The van der Waals surface area contributed by atoms with Gasteiger partial charge in [0.15, 0.2) is 0 Å². The standard InChI is InChI=1S/C22H19Cl2N3O3/c23-18-6-4-5-17(19(18)24)20(28)27-22(11-2-1-3-12-22)30-21(29)26(27)14-16-9-7-15(13-25)8-10-16/h4-10H,1-3,11-12,14H2. The summed E-state index contributed by atoms with van der Waals surface area (Å²) in [5, 5.41) is 12.2. The van der Waals surface area contributed by atoms with Crippen LogP contribution in [0.2, 0.25) is 10.0 Å². The molecule has 2 fully saturated rings. The van der Waals surface area contributed by atoms with Gasteiger partial charge in [0.25, 0.3) is 5.91 Å². The molecular weight excluding hydrogens is 425 g/mol. The van der Waals surface area contributed by atoms with E-state index >= 15 is 0 Å². The van der Waals surface area contributed by atoms with Crippen molar-refractivity contribution >= 4 is 35.2 Å². The van der Waals surface area contributed by atoms with E-state index in [1.807, 2.05) is 0 Å². The van der Waals surface area contributed by atoms with E-state index < -0.39 is 17.7 Å². The molecule has 1 spiro atoms. The Morgan fingerprint density at radius 3 is 2.47 bits per heavy atom. The molecule has 8 heteroatoms. The topological polar surface area (TPSA) is 73.6 Å². The average Bonchev–Trinajstić information content (AvgIpc) is 3.01. The summed E-state index contributed by atoms with van der Waals surface area (Å²) in [7, 11) is 0. The second kappa shape index (κ2) is 8.17. The number of hydrazine groups is 1. The minimum Gasteiger partial charge on any atom is -0.419 e. The lowest BCUT2D eigenvalue weighted by Gasteiger charge is -2.40. The summed E-state index contributed by atoms with van der Waals surface area (Å²) in [6, 6.07) is 13.8. The van der Waals surface area contributed by atoms with E-state index in [-0.39, 0.29) is 22.2 Å². The Bertz CT molecular complexity index is 1030. The molecular formula is C22H19Cl2N3O3. The van der Waals surface area contributed by atoms with E-state index in [0.717, 1.165) is 24.8 Å². The van der Waals surface area contributed by atoms with Crippen LogP contribution in [-0.2, 0) is 11.3 Å². The van der Waals surface area contributed by atoms with Crippen molar-refractivity contribution in [3.05, 3.63) is 69.2 Å². The van der Waals surface area contributed by atoms with Crippen LogP contribution in [-0.4, -0.2) is 27.7 Å². The van der Waals surface area contributed by atoms with Crippen molar-refractivity contribution in [3.8, 4) is 6.07 Å². The summed E-state index contributed by atoms with van der Waals surface area (Å²) in [4.78, 5) is 26.5. The van der Waals surface area contributed by atoms with Gasteiger partial charge in [0, 0.05) is 12.8 Å². The largest absolute Gasteiger partial charge is 0.431 e. The molecule has 154 valence electrons.